The molecule has 5 heteroatoms. The van der Waals surface area contributed by atoms with Crippen LogP contribution >= 0.6 is 0 Å². The standard InChI is InChI=1S/C20H19NO3S/c1-4-14-21(25(23,24)19-11-8-16(2)9-12-19)20(22)13-10-18-7-5-6-17(3)15-18/h4-9,11-12,15H,1,14H2,2-3H3. The third kappa shape index (κ3) is 4.59. The van der Waals surface area contributed by atoms with Crippen LogP contribution in [0.25, 0.3) is 0 Å². The molecule has 0 aliphatic carbocycles. The van der Waals surface area contributed by atoms with Crippen LogP contribution in [-0.2, 0) is 14.8 Å². The Morgan fingerprint density at radius 2 is 1.80 bits per heavy atom. The Bertz CT molecular complexity index is 948. The third-order valence-corrected chi connectivity index (χ3v) is 5.23. The van der Waals surface area contributed by atoms with Crippen molar-refractivity contribution < 1.29 is 13.2 Å². The van der Waals surface area contributed by atoms with E-state index in [9.17, 15) is 13.2 Å². The number of carbonyl (C=O) groups is 1. The van der Waals surface area contributed by atoms with E-state index in [-0.39, 0.29) is 11.4 Å². The van der Waals surface area contributed by atoms with E-state index in [1.54, 1.807) is 18.2 Å². The number of aryl methyl sites for hydroxylation is 2. The minimum Gasteiger partial charge on any atom is -0.258 e. The average Bonchev–Trinajstić information content (AvgIpc) is 2.58. The molecule has 0 unspecified atom stereocenters. The molecule has 0 saturated carbocycles. The Kier molecular flexibility index (Phi) is 5.79. The molecule has 2 rings (SSSR count). The molecule has 25 heavy (non-hydrogen) atoms. The molecule has 128 valence electrons. The fourth-order valence-corrected chi connectivity index (χ4v) is 3.46. The predicted molar refractivity (Wildman–Crippen MR) is 98.3 cm³/mol. The van der Waals surface area contributed by atoms with Crippen molar-refractivity contribution in [3.8, 4) is 11.8 Å². The highest BCUT2D eigenvalue weighted by atomic mass is 32.2. The summed E-state index contributed by atoms with van der Waals surface area (Å²) in [5.74, 6) is 4.34. The lowest BCUT2D eigenvalue weighted by Gasteiger charge is -2.18. The Morgan fingerprint density at radius 3 is 2.40 bits per heavy atom. The Balaban J connectivity index is 2.35. The summed E-state index contributed by atoms with van der Waals surface area (Å²) < 4.78 is 26.2. The maximum Gasteiger partial charge on any atom is 0.312 e. The van der Waals surface area contributed by atoms with E-state index < -0.39 is 15.9 Å². The molecule has 1 amide bonds. The van der Waals surface area contributed by atoms with Gasteiger partial charge in [-0.1, -0.05) is 41.8 Å². The van der Waals surface area contributed by atoms with Crippen molar-refractivity contribution in [3.63, 3.8) is 0 Å². The first-order valence-corrected chi connectivity index (χ1v) is 9.11. The first-order chi connectivity index (χ1) is 11.8. The lowest BCUT2D eigenvalue weighted by atomic mass is 10.1. The minimum absolute atomic E-state index is 0.0469. The van der Waals surface area contributed by atoms with Gasteiger partial charge in [0, 0.05) is 11.5 Å². The molecule has 2 aromatic carbocycles. The van der Waals surface area contributed by atoms with E-state index >= 15 is 0 Å². The van der Waals surface area contributed by atoms with Crippen molar-refractivity contribution >= 4 is 15.9 Å². The fraction of sp³-hybridized carbons (Fsp3) is 0.150. The summed E-state index contributed by atoms with van der Waals surface area (Å²) in [6, 6.07) is 13.6. The second-order valence-electron chi connectivity index (χ2n) is 5.56. The maximum absolute atomic E-state index is 12.7. The van der Waals surface area contributed by atoms with Gasteiger partial charge in [-0.25, -0.2) is 12.7 Å². The number of hydrogen-bond donors (Lipinski definition) is 0. The van der Waals surface area contributed by atoms with Crippen LogP contribution in [0.5, 0.6) is 0 Å². The van der Waals surface area contributed by atoms with Crippen molar-refractivity contribution in [1.82, 2.24) is 4.31 Å². The molecule has 0 N–H and O–H groups in total. The molecule has 4 nitrogen and oxygen atoms in total. The van der Waals surface area contributed by atoms with E-state index in [4.69, 9.17) is 0 Å². The Morgan fingerprint density at radius 1 is 1.12 bits per heavy atom. The molecule has 0 atom stereocenters. The second-order valence-corrected chi connectivity index (χ2v) is 7.42. The highest BCUT2D eigenvalue weighted by Crippen LogP contribution is 2.16. The van der Waals surface area contributed by atoms with Gasteiger partial charge >= 0.3 is 5.91 Å². The molecule has 0 saturated heterocycles. The highest BCUT2D eigenvalue weighted by molar-refractivity contribution is 7.89. The number of sulfonamides is 1. The van der Waals surface area contributed by atoms with Crippen LogP contribution in [0.4, 0.5) is 0 Å². The number of amides is 1. The Labute approximate surface area is 148 Å². The monoisotopic (exact) mass is 353 g/mol. The number of nitrogens with zero attached hydrogens (tertiary/aromatic N) is 1. The van der Waals surface area contributed by atoms with Crippen LogP contribution in [0.15, 0.2) is 66.1 Å². The van der Waals surface area contributed by atoms with E-state index in [1.807, 2.05) is 32.0 Å². The van der Waals surface area contributed by atoms with E-state index in [0.29, 0.717) is 5.56 Å². The normalized spacial score (nSPS) is 10.5. The van der Waals surface area contributed by atoms with Crippen LogP contribution in [0.2, 0.25) is 0 Å². The zero-order valence-corrected chi connectivity index (χ0v) is 15.0. The summed E-state index contributed by atoms with van der Waals surface area (Å²) in [5, 5.41) is 0. The smallest absolute Gasteiger partial charge is 0.258 e. The maximum atomic E-state index is 12.7. The first kappa shape index (κ1) is 18.5. The van der Waals surface area contributed by atoms with Gasteiger partial charge in [-0.3, -0.25) is 4.79 Å². The van der Waals surface area contributed by atoms with Gasteiger partial charge in [-0.15, -0.1) is 6.58 Å². The molecule has 0 fully saturated rings. The summed E-state index contributed by atoms with van der Waals surface area (Å²) >= 11 is 0. The van der Waals surface area contributed by atoms with Gasteiger partial charge in [-0.05, 0) is 43.7 Å². The molecule has 0 aliphatic rings. The largest absolute Gasteiger partial charge is 0.312 e. The summed E-state index contributed by atoms with van der Waals surface area (Å²) in [4.78, 5) is 12.5. The van der Waals surface area contributed by atoms with Gasteiger partial charge in [0.05, 0.1) is 11.4 Å². The molecular weight excluding hydrogens is 334 g/mol. The topological polar surface area (TPSA) is 54.5 Å². The SMILES string of the molecule is C=CCN(C(=O)C#Cc1cccc(C)c1)S(=O)(=O)c1ccc(C)cc1. The predicted octanol–water partition coefficient (Wildman–Crippen LogP) is 3.06. The highest BCUT2D eigenvalue weighted by Gasteiger charge is 2.27. The molecule has 0 spiro atoms. The van der Waals surface area contributed by atoms with Crippen LogP contribution in [0.3, 0.4) is 0 Å². The van der Waals surface area contributed by atoms with Gasteiger partial charge in [-0.2, -0.15) is 0 Å². The summed E-state index contributed by atoms with van der Waals surface area (Å²) in [7, 11) is -3.98. The Hall–Kier alpha value is -2.84. The van der Waals surface area contributed by atoms with Crippen molar-refractivity contribution in [2.24, 2.45) is 0 Å². The summed E-state index contributed by atoms with van der Waals surface area (Å²) in [6.45, 7) is 7.16. The lowest BCUT2D eigenvalue weighted by Crippen LogP contribution is -2.36. The number of benzene rings is 2. The number of hydrogen-bond acceptors (Lipinski definition) is 3. The lowest BCUT2D eigenvalue weighted by molar-refractivity contribution is -0.120. The summed E-state index contributed by atoms with van der Waals surface area (Å²) in [5.41, 5.74) is 2.59. The van der Waals surface area contributed by atoms with Gasteiger partial charge in [0.15, 0.2) is 0 Å². The van der Waals surface area contributed by atoms with Crippen LogP contribution in [0, 0.1) is 25.7 Å². The van der Waals surface area contributed by atoms with E-state index in [2.05, 4.69) is 18.4 Å². The van der Waals surface area contributed by atoms with Crippen LogP contribution in [0.1, 0.15) is 16.7 Å². The molecule has 0 aromatic heterocycles. The number of carbonyl (C=O) groups excluding carboxylic acids is 1. The molecule has 2 aromatic rings. The van der Waals surface area contributed by atoms with Crippen molar-refractivity contribution in [2.45, 2.75) is 18.7 Å². The van der Waals surface area contributed by atoms with Crippen molar-refractivity contribution in [2.75, 3.05) is 6.54 Å². The summed E-state index contributed by atoms with van der Waals surface area (Å²) in [6.07, 6.45) is 1.36. The van der Waals surface area contributed by atoms with E-state index in [0.717, 1.165) is 15.4 Å². The van der Waals surface area contributed by atoms with Crippen LogP contribution in [-0.4, -0.2) is 25.2 Å². The molecular formula is C20H19NO3S. The molecule has 0 radical (unpaired) electrons. The molecule has 0 bridgehead atoms. The van der Waals surface area contributed by atoms with Crippen molar-refractivity contribution in [3.05, 3.63) is 77.9 Å². The van der Waals surface area contributed by atoms with Crippen LogP contribution < -0.4 is 0 Å². The average molecular weight is 353 g/mol. The molecule has 0 aliphatic heterocycles. The first-order valence-electron chi connectivity index (χ1n) is 7.67. The van der Waals surface area contributed by atoms with Gasteiger partial charge in [0.2, 0.25) is 0 Å². The second kappa shape index (κ2) is 7.82. The third-order valence-electron chi connectivity index (χ3n) is 3.46. The fourth-order valence-electron chi connectivity index (χ4n) is 2.16. The van der Waals surface area contributed by atoms with Crippen molar-refractivity contribution in [1.29, 1.82) is 0 Å². The van der Waals surface area contributed by atoms with E-state index in [1.165, 1.54) is 18.2 Å². The zero-order chi connectivity index (χ0) is 18.4. The van der Waals surface area contributed by atoms with Gasteiger partial charge in [0.1, 0.15) is 0 Å². The zero-order valence-electron chi connectivity index (χ0n) is 14.2. The van der Waals surface area contributed by atoms with Gasteiger partial charge < -0.3 is 0 Å². The van der Waals surface area contributed by atoms with Gasteiger partial charge in [0.25, 0.3) is 10.0 Å². The number of rotatable bonds is 4. The molecule has 0 heterocycles. The quantitative estimate of drug-likeness (QED) is 0.627. The minimum atomic E-state index is -3.98.